The van der Waals surface area contributed by atoms with Crippen LogP contribution in [0.1, 0.15) is 51.9 Å². The van der Waals surface area contributed by atoms with Gasteiger partial charge in [0.2, 0.25) is 0 Å². The minimum Gasteiger partial charge on any atom is -0.392 e. The van der Waals surface area contributed by atoms with E-state index >= 15 is 0 Å². The Labute approximate surface area is 112 Å². The van der Waals surface area contributed by atoms with Gasteiger partial charge in [0.1, 0.15) is 0 Å². The number of rotatable bonds is 3. The third-order valence-electron chi connectivity index (χ3n) is 4.82. The second-order valence-electron chi connectivity index (χ2n) is 6.43. The summed E-state index contributed by atoms with van der Waals surface area (Å²) in [7, 11) is 2.22. The lowest BCUT2D eigenvalue weighted by atomic mass is 9.90. The summed E-state index contributed by atoms with van der Waals surface area (Å²) in [5.74, 6) is 0.749. The third kappa shape index (κ3) is 3.94. The first-order valence-electron chi connectivity index (χ1n) is 7.79. The molecule has 0 radical (unpaired) electrons. The molecular formula is C15H30N2O. The van der Waals surface area contributed by atoms with Crippen LogP contribution in [0, 0.1) is 5.92 Å². The maximum absolute atomic E-state index is 10.2. The Bertz CT molecular complexity index is 247. The zero-order valence-corrected chi connectivity index (χ0v) is 12.1. The van der Waals surface area contributed by atoms with Crippen LogP contribution in [0.2, 0.25) is 0 Å². The van der Waals surface area contributed by atoms with Gasteiger partial charge in [-0.05, 0) is 52.1 Å². The molecule has 18 heavy (non-hydrogen) atoms. The highest BCUT2D eigenvalue weighted by atomic mass is 16.3. The van der Waals surface area contributed by atoms with Crippen LogP contribution in [0.4, 0.5) is 0 Å². The molecule has 106 valence electrons. The summed E-state index contributed by atoms with van der Waals surface area (Å²) < 4.78 is 0. The van der Waals surface area contributed by atoms with Crippen LogP contribution in [0.25, 0.3) is 0 Å². The lowest BCUT2D eigenvalue weighted by molar-refractivity contribution is 0.0992. The fourth-order valence-electron chi connectivity index (χ4n) is 3.57. The number of nitrogens with zero attached hydrogens (tertiary/aromatic N) is 1. The van der Waals surface area contributed by atoms with E-state index in [9.17, 15) is 5.11 Å². The zero-order valence-electron chi connectivity index (χ0n) is 12.1. The van der Waals surface area contributed by atoms with Crippen molar-refractivity contribution < 1.29 is 5.11 Å². The highest BCUT2D eigenvalue weighted by Crippen LogP contribution is 2.22. The summed E-state index contributed by atoms with van der Waals surface area (Å²) in [6.07, 6.45) is 8.41. The summed E-state index contributed by atoms with van der Waals surface area (Å²) in [5, 5.41) is 13.9. The molecule has 4 atom stereocenters. The lowest BCUT2D eigenvalue weighted by Gasteiger charge is -2.36. The van der Waals surface area contributed by atoms with Gasteiger partial charge in [0.05, 0.1) is 6.10 Å². The van der Waals surface area contributed by atoms with Gasteiger partial charge in [0.25, 0.3) is 0 Å². The molecule has 2 fully saturated rings. The summed E-state index contributed by atoms with van der Waals surface area (Å²) in [6, 6.07) is 0.861. The van der Waals surface area contributed by atoms with Crippen molar-refractivity contribution in [2.24, 2.45) is 5.92 Å². The van der Waals surface area contributed by atoms with Crippen LogP contribution >= 0.6 is 0 Å². The van der Waals surface area contributed by atoms with E-state index in [0.29, 0.717) is 12.1 Å². The van der Waals surface area contributed by atoms with Gasteiger partial charge in [-0.2, -0.15) is 0 Å². The van der Waals surface area contributed by atoms with E-state index < -0.39 is 0 Å². The molecule has 2 rings (SSSR count). The molecule has 0 spiro atoms. The van der Waals surface area contributed by atoms with Crippen LogP contribution < -0.4 is 5.32 Å². The fourth-order valence-corrected chi connectivity index (χ4v) is 3.57. The average Bonchev–Trinajstić information content (AvgIpc) is 2.55. The molecule has 1 aliphatic heterocycles. The van der Waals surface area contributed by atoms with Crippen molar-refractivity contribution in [3.05, 3.63) is 0 Å². The number of nitrogens with one attached hydrogen (secondary N) is 1. The predicted molar refractivity (Wildman–Crippen MR) is 75.7 cm³/mol. The van der Waals surface area contributed by atoms with Crippen LogP contribution in [-0.2, 0) is 0 Å². The molecular weight excluding hydrogens is 224 g/mol. The number of hydrogen-bond donors (Lipinski definition) is 2. The molecule has 3 heteroatoms. The van der Waals surface area contributed by atoms with E-state index in [1.54, 1.807) is 0 Å². The van der Waals surface area contributed by atoms with Crippen molar-refractivity contribution in [1.82, 2.24) is 10.2 Å². The molecule has 0 bridgehead atoms. The van der Waals surface area contributed by atoms with Crippen molar-refractivity contribution in [1.29, 1.82) is 0 Å². The highest BCUT2D eigenvalue weighted by Gasteiger charge is 2.27. The van der Waals surface area contributed by atoms with Gasteiger partial charge in [0, 0.05) is 18.6 Å². The average molecular weight is 254 g/mol. The summed E-state index contributed by atoms with van der Waals surface area (Å²) in [5.41, 5.74) is 0. The van der Waals surface area contributed by atoms with E-state index in [4.69, 9.17) is 0 Å². The molecule has 4 unspecified atom stereocenters. The number of hydrogen-bond acceptors (Lipinski definition) is 3. The Balaban J connectivity index is 1.83. The summed E-state index contributed by atoms with van der Waals surface area (Å²) >= 11 is 0. The summed E-state index contributed by atoms with van der Waals surface area (Å²) in [6.45, 7) is 4.76. The number of piperidine rings is 1. The predicted octanol–water partition coefficient (Wildman–Crippen LogP) is 2.00. The minimum atomic E-state index is -0.128. The maximum Gasteiger partial charge on any atom is 0.0693 e. The van der Waals surface area contributed by atoms with Gasteiger partial charge in [-0.1, -0.05) is 19.3 Å². The summed E-state index contributed by atoms with van der Waals surface area (Å²) in [4.78, 5) is 2.44. The molecule has 0 aromatic rings. The largest absolute Gasteiger partial charge is 0.392 e. The van der Waals surface area contributed by atoms with Crippen LogP contribution in [-0.4, -0.2) is 48.3 Å². The van der Waals surface area contributed by atoms with E-state index in [2.05, 4.69) is 24.2 Å². The van der Waals surface area contributed by atoms with Gasteiger partial charge >= 0.3 is 0 Å². The molecule has 0 aromatic carbocycles. The van der Waals surface area contributed by atoms with Crippen molar-refractivity contribution in [2.45, 2.75) is 70.1 Å². The maximum atomic E-state index is 10.2. The van der Waals surface area contributed by atoms with Crippen LogP contribution in [0.3, 0.4) is 0 Å². The van der Waals surface area contributed by atoms with E-state index in [0.717, 1.165) is 18.8 Å². The molecule has 1 aliphatic carbocycles. The smallest absolute Gasteiger partial charge is 0.0693 e. The molecule has 1 heterocycles. The van der Waals surface area contributed by atoms with Crippen molar-refractivity contribution in [3.63, 3.8) is 0 Å². The second-order valence-corrected chi connectivity index (χ2v) is 6.43. The van der Waals surface area contributed by atoms with Gasteiger partial charge in [-0.3, -0.25) is 0 Å². The monoisotopic (exact) mass is 254 g/mol. The molecule has 3 nitrogen and oxygen atoms in total. The quantitative estimate of drug-likeness (QED) is 0.756. The molecule has 0 amide bonds. The standard InChI is InChI=1S/C15H30N2O/c1-12(13-7-6-10-17(2)11-13)16-14-8-4-3-5-9-15(14)18/h12-16,18H,3-11H2,1-2H3. The van der Waals surface area contributed by atoms with E-state index in [-0.39, 0.29) is 6.10 Å². The van der Waals surface area contributed by atoms with E-state index in [1.165, 1.54) is 45.2 Å². The molecule has 1 saturated carbocycles. The lowest BCUT2D eigenvalue weighted by Crippen LogP contribution is -2.50. The highest BCUT2D eigenvalue weighted by molar-refractivity contribution is 4.85. The topological polar surface area (TPSA) is 35.5 Å². The van der Waals surface area contributed by atoms with Gasteiger partial charge < -0.3 is 15.3 Å². The third-order valence-corrected chi connectivity index (χ3v) is 4.82. The second kappa shape index (κ2) is 6.88. The van der Waals surface area contributed by atoms with Crippen molar-refractivity contribution in [3.8, 4) is 0 Å². The Hall–Kier alpha value is -0.120. The zero-order chi connectivity index (χ0) is 13.0. The van der Waals surface area contributed by atoms with Gasteiger partial charge in [-0.25, -0.2) is 0 Å². The Kier molecular flexibility index (Phi) is 5.46. The molecule has 1 saturated heterocycles. The minimum absolute atomic E-state index is 0.128. The Morgan fingerprint density at radius 2 is 1.89 bits per heavy atom. The molecule has 2 aliphatic rings. The number of aliphatic hydroxyl groups is 1. The Morgan fingerprint density at radius 1 is 1.11 bits per heavy atom. The van der Waals surface area contributed by atoms with Gasteiger partial charge in [0.15, 0.2) is 0 Å². The first-order chi connectivity index (χ1) is 8.66. The molecule has 0 aromatic heterocycles. The van der Waals surface area contributed by atoms with Crippen molar-refractivity contribution in [2.75, 3.05) is 20.1 Å². The Morgan fingerprint density at radius 3 is 2.67 bits per heavy atom. The normalized spacial score (nSPS) is 37.2. The molecule has 2 N–H and O–H groups in total. The van der Waals surface area contributed by atoms with Crippen LogP contribution in [0.5, 0.6) is 0 Å². The van der Waals surface area contributed by atoms with Crippen molar-refractivity contribution >= 4 is 0 Å². The SMILES string of the molecule is CC(NC1CCCCCC1O)C1CCCN(C)C1. The van der Waals surface area contributed by atoms with E-state index in [1.807, 2.05) is 0 Å². The fraction of sp³-hybridized carbons (Fsp3) is 1.00. The number of likely N-dealkylation sites (tertiary alicyclic amines) is 1. The van der Waals surface area contributed by atoms with Gasteiger partial charge in [-0.15, -0.1) is 0 Å². The number of aliphatic hydroxyl groups excluding tert-OH is 1. The first-order valence-corrected chi connectivity index (χ1v) is 7.79. The first kappa shape index (κ1) is 14.3. The van der Waals surface area contributed by atoms with Crippen LogP contribution in [0.15, 0.2) is 0 Å².